The molecule has 0 aromatic heterocycles. The minimum Gasteiger partial charge on any atom is -0.0876 e. The molecular weight excluding hydrogens is 247 g/mol. The third kappa shape index (κ3) is 1.64. The van der Waals surface area contributed by atoms with Gasteiger partial charge >= 0.3 is 0 Å². The number of benzene rings is 1. The predicted octanol–water partition coefficient (Wildman–Crippen LogP) is 4.29. The van der Waals surface area contributed by atoms with Gasteiger partial charge in [0.15, 0.2) is 0 Å². The summed E-state index contributed by atoms with van der Waals surface area (Å²) in [7, 11) is 0. The number of halogens is 2. The van der Waals surface area contributed by atoms with Crippen molar-refractivity contribution in [1.29, 1.82) is 0 Å². The molecule has 2 heteroatoms. The fraction of sp³-hybridized carbons (Fsp3) is 0.455. The molecule has 1 aromatic carbocycles. The summed E-state index contributed by atoms with van der Waals surface area (Å²) in [4.78, 5) is 0. The zero-order chi connectivity index (χ0) is 9.47. The lowest BCUT2D eigenvalue weighted by molar-refractivity contribution is 0.779. The molecule has 1 aromatic rings. The van der Waals surface area contributed by atoms with Crippen LogP contribution in [0.1, 0.15) is 30.9 Å². The van der Waals surface area contributed by atoms with Gasteiger partial charge in [0.1, 0.15) is 0 Å². The third-order valence-electron chi connectivity index (χ3n) is 2.85. The molecule has 0 unspecified atom stereocenters. The molecule has 0 radical (unpaired) electrons. The molecule has 0 atom stereocenters. The molecule has 0 N–H and O–H groups in total. The zero-order valence-electron chi connectivity index (χ0n) is 7.61. The first-order valence-electron chi connectivity index (χ1n) is 4.51. The van der Waals surface area contributed by atoms with E-state index in [0.29, 0.717) is 5.41 Å². The molecule has 1 fully saturated rings. The predicted molar refractivity (Wildman–Crippen MR) is 60.7 cm³/mol. The van der Waals surface area contributed by atoms with Gasteiger partial charge in [-0.15, -0.1) is 0 Å². The van der Waals surface area contributed by atoms with Crippen molar-refractivity contribution in [3.05, 3.63) is 34.3 Å². The van der Waals surface area contributed by atoms with Crippen LogP contribution in [0.4, 0.5) is 0 Å². The van der Waals surface area contributed by atoms with Crippen LogP contribution in [0.25, 0.3) is 0 Å². The fourth-order valence-electron chi connectivity index (χ4n) is 1.79. The summed E-state index contributed by atoms with van der Waals surface area (Å²) >= 11 is 9.72. The van der Waals surface area contributed by atoms with Crippen molar-refractivity contribution in [2.75, 3.05) is 0 Å². The quantitative estimate of drug-likeness (QED) is 0.695. The standard InChI is InChI=1S/C11H12BrCl/c1-11(5-6-11)10-8(7-12)3-2-4-9(10)13/h2-4H,5-7H2,1H3. The molecule has 0 amide bonds. The maximum Gasteiger partial charge on any atom is 0.0446 e. The van der Waals surface area contributed by atoms with E-state index in [2.05, 4.69) is 28.9 Å². The van der Waals surface area contributed by atoms with E-state index < -0.39 is 0 Å². The van der Waals surface area contributed by atoms with Gasteiger partial charge in [0.25, 0.3) is 0 Å². The highest BCUT2D eigenvalue weighted by atomic mass is 79.9. The molecule has 0 spiro atoms. The first-order chi connectivity index (χ1) is 6.17. The highest BCUT2D eigenvalue weighted by Crippen LogP contribution is 2.51. The maximum absolute atomic E-state index is 6.21. The Balaban J connectivity index is 2.52. The summed E-state index contributed by atoms with van der Waals surface area (Å²) < 4.78 is 0. The average molecular weight is 260 g/mol. The molecule has 0 heterocycles. The molecule has 0 nitrogen and oxygen atoms in total. The Morgan fingerprint density at radius 1 is 1.46 bits per heavy atom. The Bertz CT molecular complexity index is 329. The molecule has 13 heavy (non-hydrogen) atoms. The van der Waals surface area contributed by atoms with Crippen LogP contribution in [0, 0.1) is 0 Å². The van der Waals surface area contributed by atoms with E-state index in [1.54, 1.807) is 0 Å². The van der Waals surface area contributed by atoms with E-state index in [1.807, 2.05) is 12.1 Å². The Labute approximate surface area is 92.4 Å². The number of alkyl halides is 1. The van der Waals surface area contributed by atoms with E-state index in [4.69, 9.17) is 11.6 Å². The van der Waals surface area contributed by atoms with E-state index in [-0.39, 0.29) is 0 Å². The smallest absolute Gasteiger partial charge is 0.0446 e. The third-order valence-corrected chi connectivity index (χ3v) is 3.77. The molecule has 70 valence electrons. The number of rotatable bonds is 2. The topological polar surface area (TPSA) is 0 Å². The second-order valence-corrected chi connectivity index (χ2v) is 4.94. The molecule has 0 bridgehead atoms. The molecule has 1 aliphatic rings. The van der Waals surface area contributed by atoms with Gasteiger partial charge in [-0.1, -0.05) is 46.6 Å². The van der Waals surface area contributed by atoms with Crippen LogP contribution in [0.3, 0.4) is 0 Å². The molecule has 0 aliphatic heterocycles. The van der Waals surface area contributed by atoms with E-state index >= 15 is 0 Å². The van der Waals surface area contributed by atoms with Gasteiger partial charge in [0.05, 0.1) is 0 Å². The van der Waals surface area contributed by atoms with E-state index in [1.165, 1.54) is 24.0 Å². The first-order valence-corrected chi connectivity index (χ1v) is 6.01. The van der Waals surface area contributed by atoms with Crippen molar-refractivity contribution in [1.82, 2.24) is 0 Å². The molecular formula is C11H12BrCl. The van der Waals surface area contributed by atoms with Gasteiger partial charge in [0.2, 0.25) is 0 Å². The summed E-state index contributed by atoms with van der Waals surface area (Å²) in [6, 6.07) is 6.17. The van der Waals surface area contributed by atoms with Crippen LogP contribution in [0.5, 0.6) is 0 Å². The Morgan fingerprint density at radius 3 is 2.69 bits per heavy atom. The summed E-state index contributed by atoms with van der Waals surface area (Å²) in [5, 5.41) is 1.83. The number of hydrogen-bond acceptors (Lipinski definition) is 0. The number of hydrogen-bond donors (Lipinski definition) is 0. The Hall–Kier alpha value is -0.0100. The minimum absolute atomic E-state index is 0.363. The Kier molecular flexibility index (Phi) is 2.41. The van der Waals surface area contributed by atoms with Crippen LogP contribution in [0.2, 0.25) is 5.02 Å². The maximum atomic E-state index is 6.21. The lowest BCUT2D eigenvalue weighted by Crippen LogP contribution is -2.04. The van der Waals surface area contributed by atoms with Gasteiger partial charge in [-0.3, -0.25) is 0 Å². The molecule has 1 saturated carbocycles. The average Bonchev–Trinajstić information content (AvgIpc) is 2.84. The van der Waals surface area contributed by atoms with Gasteiger partial charge in [-0.25, -0.2) is 0 Å². The summed E-state index contributed by atoms with van der Waals surface area (Å²) in [6.45, 7) is 2.29. The minimum atomic E-state index is 0.363. The van der Waals surface area contributed by atoms with Crippen molar-refractivity contribution in [3.8, 4) is 0 Å². The van der Waals surface area contributed by atoms with Crippen molar-refractivity contribution >= 4 is 27.5 Å². The zero-order valence-corrected chi connectivity index (χ0v) is 9.95. The van der Waals surface area contributed by atoms with Crippen molar-refractivity contribution in [2.24, 2.45) is 0 Å². The van der Waals surface area contributed by atoms with Gasteiger partial charge in [-0.05, 0) is 35.4 Å². The van der Waals surface area contributed by atoms with Crippen LogP contribution in [-0.2, 0) is 10.7 Å². The summed E-state index contributed by atoms with van der Waals surface area (Å²) in [5.74, 6) is 0. The normalized spacial score (nSPS) is 18.7. The van der Waals surface area contributed by atoms with E-state index in [0.717, 1.165) is 10.4 Å². The first kappa shape index (κ1) is 9.54. The highest BCUT2D eigenvalue weighted by molar-refractivity contribution is 9.08. The lowest BCUT2D eigenvalue weighted by atomic mass is 9.94. The second kappa shape index (κ2) is 3.29. The SMILES string of the molecule is CC1(c2c(Cl)cccc2CBr)CC1. The largest absolute Gasteiger partial charge is 0.0876 e. The van der Waals surface area contributed by atoms with Crippen LogP contribution in [0.15, 0.2) is 18.2 Å². The summed E-state index contributed by atoms with van der Waals surface area (Å²) in [5.41, 5.74) is 3.06. The highest BCUT2D eigenvalue weighted by Gasteiger charge is 2.41. The van der Waals surface area contributed by atoms with Crippen LogP contribution < -0.4 is 0 Å². The van der Waals surface area contributed by atoms with Crippen LogP contribution >= 0.6 is 27.5 Å². The molecule has 0 saturated heterocycles. The fourth-order valence-corrected chi connectivity index (χ4v) is 2.68. The van der Waals surface area contributed by atoms with Gasteiger partial charge in [-0.2, -0.15) is 0 Å². The van der Waals surface area contributed by atoms with Crippen LogP contribution in [-0.4, -0.2) is 0 Å². The van der Waals surface area contributed by atoms with E-state index in [9.17, 15) is 0 Å². The van der Waals surface area contributed by atoms with Crippen molar-refractivity contribution < 1.29 is 0 Å². The van der Waals surface area contributed by atoms with Gasteiger partial charge in [0, 0.05) is 10.4 Å². The molecule has 1 aliphatic carbocycles. The monoisotopic (exact) mass is 258 g/mol. The lowest BCUT2D eigenvalue weighted by Gasteiger charge is -2.15. The molecule has 2 rings (SSSR count). The van der Waals surface area contributed by atoms with Crippen molar-refractivity contribution in [2.45, 2.75) is 30.5 Å². The summed E-state index contributed by atoms with van der Waals surface area (Å²) in [6.07, 6.45) is 2.55. The second-order valence-electron chi connectivity index (χ2n) is 3.97. The van der Waals surface area contributed by atoms with Crippen molar-refractivity contribution in [3.63, 3.8) is 0 Å². The Morgan fingerprint density at radius 2 is 2.15 bits per heavy atom. The van der Waals surface area contributed by atoms with Gasteiger partial charge < -0.3 is 0 Å².